The van der Waals surface area contributed by atoms with E-state index in [0.717, 1.165) is 55.6 Å². The fourth-order valence-corrected chi connectivity index (χ4v) is 24.1. The standard InChI is InChI=1S/C33H57N3O7Si5/c1-44(2,3)40-46(7,37-28-16-22-31-19-10-13-25-34-31)42-48(9,39-30-18-24-33-21-12-15-27-36-33)43-47(8,41-45(4,5)6)38-29-17-23-32-20-11-14-26-35-32/h10-15,19-21,25-27H,16-18,22-24,28-30H2,1-9H3. The summed E-state index contributed by atoms with van der Waals surface area (Å²) in [5.41, 5.74) is 3.07. The Hall–Kier alpha value is -1.75. The summed E-state index contributed by atoms with van der Waals surface area (Å²) in [4.78, 5) is 13.4. The third-order valence-electron chi connectivity index (χ3n) is 6.73. The minimum atomic E-state index is -3.48. The second kappa shape index (κ2) is 19.0. The molecule has 266 valence electrons. The highest BCUT2D eigenvalue weighted by atomic mass is 28.5. The molecule has 2 atom stereocenters. The van der Waals surface area contributed by atoms with Crippen LogP contribution in [-0.2, 0) is 49.0 Å². The molecular weight excluding hydrogens is 691 g/mol. The first-order chi connectivity index (χ1) is 22.6. The first kappa shape index (κ1) is 40.7. The summed E-state index contributed by atoms with van der Waals surface area (Å²) in [5, 5.41) is 0. The molecule has 0 spiro atoms. The monoisotopic (exact) mass is 747 g/mol. The van der Waals surface area contributed by atoms with E-state index < -0.39 is 43.0 Å². The fraction of sp³-hybridized carbons (Fsp3) is 0.545. The summed E-state index contributed by atoms with van der Waals surface area (Å²) in [6, 6.07) is 17.9. The smallest absolute Gasteiger partial charge is 0.416 e. The maximum atomic E-state index is 6.96. The van der Waals surface area contributed by atoms with Crippen molar-refractivity contribution in [2.24, 2.45) is 0 Å². The molecule has 0 fully saturated rings. The van der Waals surface area contributed by atoms with Gasteiger partial charge in [-0.1, -0.05) is 18.2 Å². The highest BCUT2D eigenvalue weighted by Gasteiger charge is 2.55. The van der Waals surface area contributed by atoms with Crippen molar-refractivity contribution in [3.63, 3.8) is 0 Å². The van der Waals surface area contributed by atoms with E-state index in [-0.39, 0.29) is 0 Å². The van der Waals surface area contributed by atoms with E-state index in [2.05, 4.69) is 54.2 Å². The van der Waals surface area contributed by atoms with Gasteiger partial charge < -0.3 is 29.7 Å². The third kappa shape index (κ3) is 16.8. The number of rotatable bonds is 23. The largest absolute Gasteiger partial charge is 0.482 e. The van der Waals surface area contributed by atoms with Gasteiger partial charge in [-0.3, -0.25) is 15.0 Å². The van der Waals surface area contributed by atoms with E-state index in [9.17, 15) is 0 Å². The molecule has 0 aliphatic rings. The Kier molecular flexibility index (Phi) is 16.1. The van der Waals surface area contributed by atoms with Crippen molar-refractivity contribution in [1.29, 1.82) is 0 Å². The SMILES string of the molecule is C[Si](C)(C)O[Si](C)(OCCCc1ccccn1)O[Si](C)(OCCCc1ccccn1)O[Si](C)(OCCCc1ccccn1)O[Si](C)(C)C. The van der Waals surface area contributed by atoms with Gasteiger partial charge in [0.2, 0.25) is 0 Å². The van der Waals surface area contributed by atoms with E-state index in [1.54, 1.807) is 0 Å². The van der Waals surface area contributed by atoms with Gasteiger partial charge in [0, 0.05) is 75.1 Å². The van der Waals surface area contributed by atoms with Crippen LogP contribution in [0.5, 0.6) is 0 Å². The van der Waals surface area contributed by atoms with Gasteiger partial charge in [-0.15, -0.1) is 0 Å². The molecule has 3 aromatic rings. The molecule has 3 rings (SSSR count). The molecule has 2 unspecified atom stereocenters. The first-order valence-electron chi connectivity index (χ1n) is 17.0. The lowest BCUT2D eigenvalue weighted by atomic mass is 10.2. The molecule has 48 heavy (non-hydrogen) atoms. The van der Waals surface area contributed by atoms with Crippen molar-refractivity contribution >= 4 is 43.0 Å². The van der Waals surface area contributed by atoms with Gasteiger partial charge >= 0.3 is 26.4 Å². The Morgan fingerprint density at radius 1 is 0.417 bits per heavy atom. The van der Waals surface area contributed by atoms with Crippen molar-refractivity contribution < 1.29 is 29.7 Å². The van der Waals surface area contributed by atoms with Crippen LogP contribution in [0.2, 0.25) is 58.9 Å². The molecule has 0 amide bonds. The van der Waals surface area contributed by atoms with Crippen molar-refractivity contribution in [3.8, 4) is 0 Å². The van der Waals surface area contributed by atoms with E-state index in [1.807, 2.05) is 92.8 Å². The van der Waals surface area contributed by atoms with Gasteiger partial charge in [-0.2, -0.15) is 0 Å². The Bertz CT molecular complexity index is 1250. The lowest BCUT2D eigenvalue weighted by molar-refractivity contribution is 0.0723. The quantitative estimate of drug-likeness (QED) is 0.0714. The predicted molar refractivity (Wildman–Crippen MR) is 201 cm³/mol. The van der Waals surface area contributed by atoms with E-state index in [0.29, 0.717) is 19.8 Å². The van der Waals surface area contributed by atoms with Crippen LogP contribution in [0, 0.1) is 0 Å². The van der Waals surface area contributed by atoms with Crippen LogP contribution in [0.4, 0.5) is 0 Å². The maximum absolute atomic E-state index is 6.96. The highest BCUT2D eigenvalue weighted by Crippen LogP contribution is 2.29. The summed E-state index contributed by atoms with van der Waals surface area (Å²) in [5.74, 6) is 0. The Labute approximate surface area is 294 Å². The molecule has 3 aromatic heterocycles. The van der Waals surface area contributed by atoms with Crippen LogP contribution in [0.1, 0.15) is 36.3 Å². The number of aryl methyl sites for hydroxylation is 3. The molecule has 0 saturated heterocycles. The minimum absolute atomic E-state index is 0.424. The molecule has 0 bridgehead atoms. The Morgan fingerprint density at radius 3 is 0.958 bits per heavy atom. The summed E-state index contributed by atoms with van der Waals surface area (Å²) >= 11 is 0. The average molecular weight is 748 g/mol. The van der Waals surface area contributed by atoms with Crippen molar-refractivity contribution in [2.75, 3.05) is 19.8 Å². The average Bonchev–Trinajstić information content (AvgIpc) is 2.99. The van der Waals surface area contributed by atoms with Gasteiger partial charge in [0.15, 0.2) is 16.6 Å². The number of pyridine rings is 3. The zero-order chi connectivity index (χ0) is 35.2. The van der Waals surface area contributed by atoms with Crippen molar-refractivity contribution in [3.05, 3.63) is 90.3 Å². The second-order valence-corrected chi connectivity index (χ2v) is 31.8. The highest BCUT2D eigenvalue weighted by molar-refractivity contribution is 6.86. The Balaban J connectivity index is 1.80. The molecule has 3 heterocycles. The maximum Gasteiger partial charge on any atom is 0.482 e. The summed E-state index contributed by atoms with van der Waals surface area (Å²) in [6.45, 7) is 20.1. The van der Waals surface area contributed by atoms with Crippen molar-refractivity contribution in [2.45, 2.75) is 97.4 Å². The van der Waals surface area contributed by atoms with Gasteiger partial charge in [0.25, 0.3) is 0 Å². The minimum Gasteiger partial charge on any atom is -0.416 e. The van der Waals surface area contributed by atoms with Crippen LogP contribution in [-0.4, -0.2) is 77.8 Å². The molecule has 0 N–H and O–H groups in total. The van der Waals surface area contributed by atoms with E-state index in [1.165, 1.54) is 0 Å². The zero-order valence-corrected chi connectivity index (χ0v) is 35.5. The molecular formula is C33H57N3O7Si5. The molecule has 0 aliphatic carbocycles. The summed E-state index contributed by atoms with van der Waals surface area (Å²) in [7, 11) is -14.2. The Morgan fingerprint density at radius 2 is 0.708 bits per heavy atom. The molecule has 0 radical (unpaired) electrons. The number of nitrogens with zero attached hydrogens (tertiary/aromatic N) is 3. The van der Waals surface area contributed by atoms with Gasteiger partial charge in [0.05, 0.1) is 0 Å². The molecule has 10 nitrogen and oxygen atoms in total. The molecule has 0 aromatic carbocycles. The van der Waals surface area contributed by atoms with Gasteiger partial charge in [-0.25, -0.2) is 0 Å². The van der Waals surface area contributed by atoms with Crippen LogP contribution >= 0.6 is 0 Å². The second-order valence-electron chi connectivity index (χ2n) is 14.0. The normalized spacial score (nSPS) is 16.2. The number of aromatic nitrogens is 3. The van der Waals surface area contributed by atoms with Gasteiger partial charge in [-0.05, 0) is 114 Å². The molecule has 0 saturated carbocycles. The number of hydrogen-bond acceptors (Lipinski definition) is 10. The van der Waals surface area contributed by atoms with Crippen LogP contribution in [0.3, 0.4) is 0 Å². The summed E-state index contributed by atoms with van der Waals surface area (Å²) < 4.78 is 47.2. The van der Waals surface area contributed by atoms with Crippen LogP contribution in [0.15, 0.2) is 73.2 Å². The molecule has 0 aliphatic heterocycles. The van der Waals surface area contributed by atoms with Gasteiger partial charge in [0.1, 0.15) is 0 Å². The van der Waals surface area contributed by atoms with Crippen molar-refractivity contribution in [1.82, 2.24) is 15.0 Å². The van der Waals surface area contributed by atoms with E-state index >= 15 is 0 Å². The molecule has 15 heteroatoms. The summed E-state index contributed by atoms with van der Waals surface area (Å²) in [6.07, 6.45) is 10.1. The fourth-order valence-electron chi connectivity index (χ4n) is 5.20. The van der Waals surface area contributed by atoms with E-state index in [4.69, 9.17) is 29.7 Å². The lowest BCUT2D eigenvalue weighted by Crippen LogP contribution is -2.64. The topological polar surface area (TPSA) is 103 Å². The number of hydrogen-bond donors (Lipinski definition) is 0. The lowest BCUT2D eigenvalue weighted by Gasteiger charge is -2.42. The third-order valence-corrected chi connectivity index (χ3v) is 22.7. The van der Waals surface area contributed by atoms with Crippen LogP contribution in [0.25, 0.3) is 0 Å². The van der Waals surface area contributed by atoms with Crippen LogP contribution < -0.4 is 0 Å². The predicted octanol–water partition coefficient (Wildman–Crippen LogP) is 7.56. The first-order valence-corrected chi connectivity index (χ1v) is 30.5. The zero-order valence-electron chi connectivity index (χ0n) is 30.5.